The summed E-state index contributed by atoms with van der Waals surface area (Å²) >= 11 is 0. The fourth-order valence-electron chi connectivity index (χ4n) is 6.85. The number of urea groups is 1. The topological polar surface area (TPSA) is 191 Å². The van der Waals surface area contributed by atoms with Gasteiger partial charge in [-0.3, -0.25) is 19.7 Å². The van der Waals surface area contributed by atoms with E-state index in [1.807, 2.05) is 36.4 Å². The van der Waals surface area contributed by atoms with E-state index in [1.54, 1.807) is 58.9 Å². The quantitative estimate of drug-likeness (QED) is 0.125. The molecule has 1 aliphatic heterocycles. The highest BCUT2D eigenvalue weighted by Gasteiger charge is 2.37. The van der Waals surface area contributed by atoms with Crippen LogP contribution in [0.2, 0.25) is 0 Å². The first-order valence-electron chi connectivity index (χ1n) is 20.8. The molecule has 0 saturated carbocycles. The second kappa shape index (κ2) is 23.9. The summed E-state index contributed by atoms with van der Waals surface area (Å²) in [6.45, 7) is 9.41. The molecule has 62 heavy (non-hydrogen) atoms. The van der Waals surface area contributed by atoms with Crippen molar-refractivity contribution in [1.29, 1.82) is 0 Å². The van der Waals surface area contributed by atoms with Gasteiger partial charge in [0.05, 0.1) is 19.3 Å². The van der Waals surface area contributed by atoms with Crippen molar-refractivity contribution in [3.05, 3.63) is 107 Å². The Balaban J connectivity index is 1.66. The van der Waals surface area contributed by atoms with Crippen molar-refractivity contribution in [3.63, 3.8) is 0 Å². The Hall–Kier alpha value is -5.87. The molecule has 0 spiro atoms. The van der Waals surface area contributed by atoms with Gasteiger partial charge in [0.25, 0.3) is 5.91 Å². The van der Waals surface area contributed by atoms with Crippen LogP contribution in [0.1, 0.15) is 57.7 Å². The molecule has 15 nitrogen and oxygen atoms in total. The van der Waals surface area contributed by atoms with Crippen molar-refractivity contribution in [3.8, 4) is 0 Å². The highest BCUT2D eigenvalue weighted by molar-refractivity contribution is 5.99. The summed E-state index contributed by atoms with van der Waals surface area (Å²) in [4.78, 5) is 83.4. The second-order valence-electron chi connectivity index (χ2n) is 16.5. The van der Waals surface area contributed by atoms with E-state index in [4.69, 9.17) is 18.9 Å². The van der Waals surface area contributed by atoms with Gasteiger partial charge in [-0.2, -0.15) is 0 Å². The van der Waals surface area contributed by atoms with Crippen LogP contribution in [0.3, 0.4) is 0 Å². The number of nitrogens with zero attached hydrogens (tertiary/aromatic N) is 1. The summed E-state index contributed by atoms with van der Waals surface area (Å²) in [5.41, 5.74) is 1.22. The van der Waals surface area contributed by atoms with E-state index in [9.17, 15) is 33.2 Å². The zero-order valence-electron chi connectivity index (χ0n) is 36.3. The van der Waals surface area contributed by atoms with Gasteiger partial charge in [-0.15, -0.1) is 0 Å². The van der Waals surface area contributed by atoms with E-state index in [1.165, 1.54) is 36.3 Å². The summed E-state index contributed by atoms with van der Waals surface area (Å²) in [5.74, 6) is -4.79. The second-order valence-corrected chi connectivity index (χ2v) is 16.5. The van der Waals surface area contributed by atoms with Gasteiger partial charge in [0.15, 0.2) is 0 Å². The molecular formula is C46H60FN5O10. The Morgan fingerprint density at radius 1 is 0.742 bits per heavy atom. The number of morpholine rings is 1. The lowest BCUT2D eigenvalue weighted by atomic mass is 9.88. The zero-order chi connectivity index (χ0) is 45.2. The Morgan fingerprint density at radius 3 is 1.89 bits per heavy atom. The highest BCUT2D eigenvalue weighted by Crippen LogP contribution is 2.23. The molecule has 1 aliphatic rings. The number of nitrogens with one attached hydrogen (secondary N) is 4. The highest BCUT2D eigenvalue weighted by atomic mass is 19.1. The van der Waals surface area contributed by atoms with Crippen LogP contribution in [0.4, 0.5) is 14.0 Å². The summed E-state index contributed by atoms with van der Waals surface area (Å²) in [5, 5.41) is 10.9. The lowest BCUT2D eigenvalue weighted by Crippen LogP contribution is -2.58. The van der Waals surface area contributed by atoms with Crippen LogP contribution >= 0.6 is 0 Å². The third kappa shape index (κ3) is 16.5. The summed E-state index contributed by atoms with van der Waals surface area (Å²) in [7, 11) is 1.33. The Kier molecular flexibility index (Phi) is 18.8. The van der Waals surface area contributed by atoms with E-state index in [0.29, 0.717) is 31.9 Å². The SMILES string of the molecule is COCC(=O)OC(CC(Cc1ccc(F)cc1)C(=O)NC(C(=O)NC(Cc1ccccc1)C(=O)NC(=O)N1CCOCC1)C(C)C)C(Cc1ccccc1)NC(=O)OC(C)(C)C. The number of carbonyl (C=O) groups excluding carboxylic acids is 6. The molecule has 5 atom stereocenters. The average molecular weight is 862 g/mol. The van der Waals surface area contributed by atoms with E-state index in [-0.39, 0.29) is 25.7 Å². The smallest absolute Gasteiger partial charge is 0.408 e. The number of hydrogen-bond donors (Lipinski definition) is 4. The monoisotopic (exact) mass is 861 g/mol. The molecule has 3 aromatic rings. The fourth-order valence-corrected chi connectivity index (χ4v) is 6.85. The summed E-state index contributed by atoms with van der Waals surface area (Å²) in [6.07, 6.45) is -1.85. The molecule has 0 aromatic heterocycles. The van der Waals surface area contributed by atoms with Gasteiger partial charge < -0.3 is 39.8 Å². The van der Waals surface area contributed by atoms with Gasteiger partial charge >= 0.3 is 18.1 Å². The molecular weight excluding hydrogens is 802 g/mol. The third-order valence-electron chi connectivity index (χ3n) is 9.97. The molecule has 16 heteroatoms. The van der Waals surface area contributed by atoms with E-state index in [0.717, 1.165) is 11.1 Å². The molecule has 5 unspecified atom stereocenters. The standard InChI is InChI=1S/C46H60FN5O10/c1-30(2)40(43(56)48-37(27-32-15-11-8-12-16-32)42(55)51-44(57)52-21-23-60-24-22-52)50-41(54)34(25-33-17-19-35(47)20-18-33)28-38(61-39(53)29-59-6)36(26-31-13-9-7-10-14-31)49-45(58)62-46(3,4)5/h7-20,30,34,36-38,40H,21-29H2,1-6H3,(H,48,56)(H,49,58)(H,50,54)(H,51,55,57). The lowest BCUT2D eigenvalue weighted by molar-refractivity contribution is -0.156. The van der Waals surface area contributed by atoms with Gasteiger partial charge in [0, 0.05) is 32.5 Å². The van der Waals surface area contributed by atoms with Crippen LogP contribution in [0.5, 0.6) is 0 Å². The van der Waals surface area contributed by atoms with E-state index < -0.39 is 89.9 Å². The molecule has 0 radical (unpaired) electrons. The number of alkyl carbamates (subject to hydrolysis) is 1. The molecule has 6 amide bonds. The number of imide groups is 1. The Labute approximate surface area is 362 Å². The van der Waals surface area contributed by atoms with Crippen LogP contribution in [-0.4, -0.2) is 111 Å². The molecule has 4 rings (SSSR count). The van der Waals surface area contributed by atoms with Crippen molar-refractivity contribution < 1.29 is 52.1 Å². The number of ether oxygens (including phenoxy) is 4. The van der Waals surface area contributed by atoms with Crippen LogP contribution in [0.25, 0.3) is 0 Å². The molecule has 0 aliphatic carbocycles. The number of benzene rings is 3. The molecule has 1 fully saturated rings. The maximum atomic E-state index is 14.6. The summed E-state index contributed by atoms with van der Waals surface area (Å²) < 4.78 is 36.0. The minimum Gasteiger partial charge on any atom is -0.458 e. The average Bonchev–Trinajstić information content (AvgIpc) is 3.22. The van der Waals surface area contributed by atoms with Crippen molar-refractivity contribution in [2.45, 2.75) is 90.1 Å². The minimum absolute atomic E-state index is 0.0179. The van der Waals surface area contributed by atoms with E-state index >= 15 is 0 Å². The van der Waals surface area contributed by atoms with Crippen LogP contribution in [0, 0.1) is 17.7 Å². The van der Waals surface area contributed by atoms with Gasteiger partial charge in [-0.1, -0.05) is 86.6 Å². The van der Waals surface area contributed by atoms with Crippen molar-refractivity contribution in [2.75, 3.05) is 40.0 Å². The first kappa shape index (κ1) is 48.8. The number of amides is 6. The predicted octanol–water partition coefficient (Wildman–Crippen LogP) is 4.51. The van der Waals surface area contributed by atoms with Crippen LogP contribution in [-0.2, 0) is 57.4 Å². The Morgan fingerprint density at radius 2 is 1.32 bits per heavy atom. The number of methoxy groups -OCH3 is 1. The maximum Gasteiger partial charge on any atom is 0.408 e. The van der Waals surface area contributed by atoms with Crippen molar-refractivity contribution >= 4 is 35.8 Å². The fraction of sp³-hybridized carbons (Fsp3) is 0.478. The van der Waals surface area contributed by atoms with Crippen LogP contribution < -0.4 is 21.3 Å². The number of halogens is 1. The molecule has 1 saturated heterocycles. The number of esters is 1. The van der Waals surface area contributed by atoms with Gasteiger partial charge in [-0.05, 0) is 74.8 Å². The van der Waals surface area contributed by atoms with Crippen molar-refractivity contribution in [1.82, 2.24) is 26.2 Å². The van der Waals surface area contributed by atoms with Gasteiger partial charge in [0.1, 0.15) is 36.2 Å². The lowest BCUT2D eigenvalue weighted by Gasteiger charge is -2.32. The number of hydrogen-bond acceptors (Lipinski definition) is 10. The largest absolute Gasteiger partial charge is 0.458 e. The number of carbonyl (C=O) groups is 6. The molecule has 336 valence electrons. The van der Waals surface area contributed by atoms with Crippen LogP contribution in [0.15, 0.2) is 84.9 Å². The number of rotatable bonds is 19. The van der Waals surface area contributed by atoms with Gasteiger partial charge in [0.2, 0.25) is 11.8 Å². The van der Waals surface area contributed by atoms with E-state index in [2.05, 4.69) is 21.3 Å². The Bertz CT molecular complexity index is 1920. The minimum atomic E-state index is -1.20. The zero-order valence-corrected chi connectivity index (χ0v) is 36.3. The molecule has 3 aromatic carbocycles. The van der Waals surface area contributed by atoms with Gasteiger partial charge in [-0.25, -0.2) is 18.8 Å². The normalized spacial score (nSPS) is 15.3. The third-order valence-corrected chi connectivity index (χ3v) is 9.97. The van der Waals surface area contributed by atoms with Crippen molar-refractivity contribution in [2.24, 2.45) is 11.8 Å². The molecule has 0 bridgehead atoms. The molecule has 4 N–H and O–H groups in total. The summed E-state index contributed by atoms with van der Waals surface area (Å²) in [6, 6.07) is 19.8. The first-order valence-corrected chi connectivity index (χ1v) is 20.8. The predicted molar refractivity (Wildman–Crippen MR) is 228 cm³/mol. The molecule has 1 heterocycles. The first-order chi connectivity index (χ1) is 29.5. The maximum absolute atomic E-state index is 14.6.